The number of aryl methyl sites for hydroxylation is 1. The van der Waals surface area contributed by atoms with Gasteiger partial charge in [-0.2, -0.15) is 0 Å². The summed E-state index contributed by atoms with van der Waals surface area (Å²) in [6, 6.07) is 16.9. The first-order valence-electron chi connectivity index (χ1n) is 8.21. The van der Waals surface area contributed by atoms with Crippen LogP contribution in [0.25, 0.3) is 0 Å². The Morgan fingerprint density at radius 1 is 1.12 bits per heavy atom. The lowest BCUT2D eigenvalue weighted by Crippen LogP contribution is -2.38. The number of rotatable bonds is 7. The molecule has 0 bridgehead atoms. The number of hydrogen-bond acceptors (Lipinski definition) is 4. The molecule has 2 aromatic carbocycles. The molecule has 0 saturated carbocycles. The fraction of sp³-hybridized carbons (Fsp3) is 0.316. The zero-order chi connectivity index (χ0) is 18.3. The van der Waals surface area contributed by atoms with E-state index in [9.17, 15) is 8.42 Å². The van der Waals surface area contributed by atoms with Crippen LogP contribution in [0.4, 0.5) is 0 Å². The van der Waals surface area contributed by atoms with Crippen LogP contribution >= 0.6 is 24.0 Å². The number of benzene rings is 2. The molecule has 2 aromatic rings. The Morgan fingerprint density at radius 3 is 2.36 bits per heavy atom. The average Bonchev–Trinajstić information content (AvgIpc) is 2.61. The normalized spacial score (nSPS) is 12.6. The molecule has 25 heavy (non-hydrogen) atoms. The molecule has 1 N–H and O–H groups in total. The van der Waals surface area contributed by atoms with Crippen molar-refractivity contribution in [3.05, 3.63) is 65.7 Å². The molecule has 0 aliphatic carbocycles. The molecule has 1 unspecified atom stereocenters. The number of hydrogen-bond donors (Lipinski definition) is 1. The van der Waals surface area contributed by atoms with E-state index < -0.39 is 15.2 Å². The lowest BCUT2D eigenvalue weighted by Gasteiger charge is -2.20. The molecule has 134 valence electrons. The Labute approximate surface area is 160 Å². The molecular weight excluding hydrogens is 370 g/mol. The second-order valence-corrected chi connectivity index (χ2v) is 9.62. The first-order chi connectivity index (χ1) is 11.9. The molecular formula is C19H23NO2S3. The van der Waals surface area contributed by atoms with Gasteiger partial charge < -0.3 is 5.32 Å². The van der Waals surface area contributed by atoms with Gasteiger partial charge in [-0.05, 0) is 31.0 Å². The summed E-state index contributed by atoms with van der Waals surface area (Å²) in [5.41, 5.74) is 2.19. The summed E-state index contributed by atoms with van der Waals surface area (Å²) in [6.45, 7) is 3.91. The van der Waals surface area contributed by atoms with E-state index in [2.05, 4.69) is 5.32 Å². The summed E-state index contributed by atoms with van der Waals surface area (Å²) in [5.74, 6) is 0.718. The van der Waals surface area contributed by atoms with Crippen molar-refractivity contribution in [2.75, 3.05) is 0 Å². The largest absolute Gasteiger partial charge is 0.354 e. The van der Waals surface area contributed by atoms with Crippen LogP contribution in [-0.2, 0) is 15.6 Å². The summed E-state index contributed by atoms with van der Waals surface area (Å²) in [6.07, 6.45) is 1.27. The van der Waals surface area contributed by atoms with Crippen molar-refractivity contribution in [1.29, 1.82) is 0 Å². The summed E-state index contributed by atoms with van der Waals surface area (Å²) >= 11 is 6.82. The minimum atomic E-state index is -3.47. The zero-order valence-corrected chi connectivity index (χ0v) is 16.9. The van der Waals surface area contributed by atoms with E-state index in [1.807, 2.05) is 56.3 Å². The molecule has 0 aliphatic rings. The van der Waals surface area contributed by atoms with E-state index in [0.29, 0.717) is 15.6 Å². The fourth-order valence-corrected chi connectivity index (χ4v) is 5.20. The van der Waals surface area contributed by atoms with E-state index in [1.54, 1.807) is 12.1 Å². The van der Waals surface area contributed by atoms with Crippen LogP contribution in [0.5, 0.6) is 0 Å². The fourth-order valence-electron chi connectivity index (χ4n) is 2.36. The quantitative estimate of drug-likeness (QED) is 0.691. The monoisotopic (exact) mass is 393 g/mol. The van der Waals surface area contributed by atoms with Gasteiger partial charge >= 0.3 is 0 Å². The number of thiocarbonyl (C=S) groups is 1. The average molecular weight is 394 g/mol. The Kier molecular flexibility index (Phi) is 7.47. The van der Waals surface area contributed by atoms with Crippen molar-refractivity contribution in [3.63, 3.8) is 0 Å². The minimum Gasteiger partial charge on any atom is -0.354 e. The van der Waals surface area contributed by atoms with Gasteiger partial charge in [-0.3, -0.25) is 0 Å². The van der Waals surface area contributed by atoms with E-state index in [-0.39, 0.29) is 0 Å². The van der Waals surface area contributed by atoms with Gasteiger partial charge in [0.1, 0.15) is 9.69 Å². The van der Waals surface area contributed by atoms with Crippen molar-refractivity contribution >= 4 is 38.1 Å². The lowest BCUT2D eigenvalue weighted by molar-refractivity contribution is 0.561. The van der Waals surface area contributed by atoms with Gasteiger partial charge in [-0.15, -0.1) is 0 Å². The summed E-state index contributed by atoms with van der Waals surface area (Å²) in [5, 5.41) is 2.35. The van der Waals surface area contributed by atoms with Gasteiger partial charge in [0.15, 0.2) is 9.84 Å². The summed E-state index contributed by atoms with van der Waals surface area (Å²) < 4.78 is 26.3. The van der Waals surface area contributed by atoms with Gasteiger partial charge in [-0.1, -0.05) is 85.4 Å². The number of sulfone groups is 1. The molecule has 0 saturated heterocycles. The highest BCUT2D eigenvalue weighted by molar-refractivity contribution is 8.22. The summed E-state index contributed by atoms with van der Waals surface area (Å²) in [7, 11) is -3.47. The topological polar surface area (TPSA) is 46.2 Å². The molecule has 0 heterocycles. The van der Waals surface area contributed by atoms with Gasteiger partial charge in [0.05, 0.1) is 4.90 Å². The standard InChI is InChI=1S/C19H23NO2S3/c1-3-7-18(25(21,22)17-12-10-15(2)11-13-17)20-19(23)24-14-16-8-5-4-6-9-16/h4-6,8-13,18H,3,7,14H2,1-2H3,(H,20,23). The minimum absolute atomic E-state index is 0.333. The van der Waals surface area contributed by atoms with Crippen molar-refractivity contribution < 1.29 is 8.42 Å². The van der Waals surface area contributed by atoms with Crippen LogP contribution in [0.15, 0.2) is 59.5 Å². The Morgan fingerprint density at radius 2 is 1.76 bits per heavy atom. The summed E-state index contributed by atoms with van der Waals surface area (Å²) in [4.78, 5) is 0.333. The molecule has 0 radical (unpaired) electrons. The van der Waals surface area contributed by atoms with Crippen molar-refractivity contribution in [3.8, 4) is 0 Å². The number of thioether (sulfide) groups is 1. The van der Waals surface area contributed by atoms with Crippen LogP contribution in [-0.4, -0.2) is 18.1 Å². The Hall–Kier alpha value is -1.37. The maximum atomic E-state index is 12.9. The van der Waals surface area contributed by atoms with Crippen LogP contribution < -0.4 is 5.32 Å². The smallest absolute Gasteiger partial charge is 0.199 e. The van der Waals surface area contributed by atoms with Crippen LogP contribution in [0, 0.1) is 6.92 Å². The van der Waals surface area contributed by atoms with Crippen LogP contribution in [0.3, 0.4) is 0 Å². The lowest BCUT2D eigenvalue weighted by atomic mass is 10.2. The van der Waals surface area contributed by atoms with E-state index in [4.69, 9.17) is 12.2 Å². The third kappa shape index (κ3) is 5.83. The molecule has 0 aliphatic heterocycles. The van der Waals surface area contributed by atoms with E-state index in [1.165, 1.54) is 11.8 Å². The molecule has 0 aromatic heterocycles. The van der Waals surface area contributed by atoms with Crippen molar-refractivity contribution in [1.82, 2.24) is 5.32 Å². The first-order valence-corrected chi connectivity index (χ1v) is 11.1. The highest BCUT2D eigenvalue weighted by atomic mass is 32.2. The molecule has 0 amide bonds. The molecule has 6 heteroatoms. The SMILES string of the molecule is CCCC(NC(=S)SCc1ccccc1)S(=O)(=O)c1ccc(C)cc1. The third-order valence-corrected chi connectivity index (χ3v) is 7.13. The highest BCUT2D eigenvalue weighted by Crippen LogP contribution is 2.20. The van der Waals surface area contributed by atoms with Gasteiger partial charge in [0, 0.05) is 5.75 Å². The maximum Gasteiger partial charge on any atom is 0.199 e. The third-order valence-electron chi connectivity index (χ3n) is 3.77. The van der Waals surface area contributed by atoms with Crippen molar-refractivity contribution in [2.24, 2.45) is 0 Å². The zero-order valence-electron chi connectivity index (χ0n) is 14.4. The molecule has 1 atom stereocenters. The molecule has 2 rings (SSSR count). The van der Waals surface area contributed by atoms with Crippen LogP contribution in [0.2, 0.25) is 0 Å². The Balaban J connectivity index is 2.06. The maximum absolute atomic E-state index is 12.9. The highest BCUT2D eigenvalue weighted by Gasteiger charge is 2.27. The van der Waals surface area contributed by atoms with E-state index >= 15 is 0 Å². The Bertz CT molecular complexity index is 787. The first kappa shape index (κ1) is 19.9. The van der Waals surface area contributed by atoms with Crippen molar-refractivity contribution in [2.45, 2.75) is 42.7 Å². The predicted molar refractivity (Wildman–Crippen MR) is 111 cm³/mol. The van der Waals surface area contributed by atoms with Gasteiger partial charge in [-0.25, -0.2) is 8.42 Å². The second kappa shape index (κ2) is 9.36. The van der Waals surface area contributed by atoms with Crippen LogP contribution in [0.1, 0.15) is 30.9 Å². The van der Waals surface area contributed by atoms with E-state index in [0.717, 1.165) is 23.3 Å². The van der Waals surface area contributed by atoms with Gasteiger partial charge in [0.25, 0.3) is 0 Å². The predicted octanol–water partition coefficient (Wildman–Crippen LogP) is 4.70. The number of nitrogens with one attached hydrogen (secondary N) is 1. The van der Waals surface area contributed by atoms with Gasteiger partial charge in [0.2, 0.25) is 0 Å². The molecule has 3 nitrogen and oxygen atoms in total. The molecule has 0 fully saturated rings. The molecule has 0 spiro atoms. The second-order valence-electron chi connectivity index (χ2n) is 5.84.